The summed E-state index contributed by atoms with van der Waals surface area (Å²) in [7, 11) is 0. The number of amides is 1. The molecule has 0 aliphatic heterocycles. The molecular weight excluding hydrogens is 206 g/mol. The molecule has 1 aromatic rings. The Kier molecular flexibility index (Phi) is 3.37. The maximum absolute atomic E-state index is 11.4. The summed E-state index contributed by atoms with van der Waals surface area (Å²) in [5, 5.41) is 2.54. The van der Waals surface area contributed by atoms with Gasteiger partial charge in [0.05, 0.1) is 11.9 Å². The normalized spacial score (nSPS) is 11.0. The molecule has 1 heterocycles. The highest BCUT2D eigenvalue weighted by Gasteiger charge is 2.16. The van der Waals surface area contributed by atoms with E-state index in [1.807, 2.05) is 6.92 Å². The molecule has 0 saturated heterocycles. The lowest BCUT2D eigenvalue weighted by Crippen LogP contribution is -2.27. The number of nitrogens with zero attached hydrogens (tertiary/aromatic N) is 1. The van der Waals surface area contributed by atoms with Gasteiger partial charge in [-0.15, -0.1) is 0 Å². The summed E-state index contributed by atoms with van der Waals surface area (Å²) >= 11 is 0. The van der Waals surface area contributed by atoms with Gasteiger partial charge in [0.2, 0.25) is 0 Å². The van der Waals surface area contributed by atoms with E-state index in [4.69, 9.17) is 10.5 Å². The standard InChI is InChI=1S/C11H17N3O2/c1-7-5-9(13-6-8(7)12)14-10(15)16-11(2,3)4/h5-6H,12H2,1-4H3,(H,13,14,15). The van der Waals surface area contributed by atoms with Gasteiger partial charge in [0.1, 0.15) is 11.4 Å². The highest BCUT2D eigenvalue weighted by molar-refractivity contribution is 5.83. The predicted molar refractivity (Wildman–Crippen MR) is 63.2 cm³/mol. The van der Waals surface area contributed by atoms with Crippen molar-refractivity contribution in [3.8, 4) is 0 Å². The lowest BCUT2D eigenvalue weighted by Gasteiger charge is -2.19. The summed E-state index contributed by atoms with van der Waals surface area (Å²) < 4.78 is 5.09. The summed E-state index contributed by atoms with van der Waals surface area (Å²) in [5.74, 6) is 0.431. The number of nitrogens with two attached hydrogens (primary N) is 1. The number of aromatic nitrogens is 1. The van der Waals surface area contributed by atoms with E-state index in [0.717, 1.165) is 5.56 Å². The molecule has 5 nitrogen and oxygen atoms in total. The third-order valence-corrected chi connectivity index (χ3v) is 1.78. The van der Waals surface area contributed by atoms with Crippen LogP contribution in [0.2, 0.25) is 0 Å². The number of carbonyl (C=O) groups excluding carboxylic acids is 1. The van der Waals surface area contributed by atoms with Crippen molar-refractivity contribution >= 4 is 17.6 Å². The van der Waals surface area contributed by atoms with E-state index in [-0.39, 0.29) is 0 Å². The van der Waals surface area contributed by atoms with Gasteiger partial charge in [-0.05, 0) is 39.3 Å². The summed E-state index contributed by atoms with van der Waals surface area (Å²) in [6.45, 7) is 7.24. The second-order valence-electron chi connectivity index (χ2n) is 4.55. The Morgan fingerprint density at radius 1 is 1.50 bits per heavy atom. The fourth-order valence-corrected chi connectivity index (χ4v) is 1.04. The molecule has 5 heteroatoms. The van der Waals surface area contributed by atoms with E-state index in [9.17, 15) is 4.79 Å². The Labute approximate surface area is 95.0 Å². The molecule has 1 rings (SSSR count). The first-order chi connectivity index (χ1) is 7.28. The van der Waals surface area contributed by atoms with Gasteiger partial charge in [0.15, 0.2) is 0 Å². The molecule has 0 bridgehead atoms. The number of rotatable bonds is 1. The van der Waals surface area contributed by atoms with E-state index in [1.165, 1.54) is 6.20 Å². The van der Waals surface area contributed by atoms with Crippen LogP contribution in [-0.4, -0.2) is 16.7 Å². The molecule has 88 valence electrons. The highest BCUT2D eigenvalue weighted by atomic mass is 16.6. The Hall–Kier alpha value is -1.78. The van der Waals surface area contributed by atoms with Gasteiger partial charge >= 0.3 is 6.09 Å². The fourth-order valence-electron chi connectivity index (χ4n) is 1.04. The SMILES string of the molecule is Cc1cc(NC(=O)OC(C)(C)C)ncc1N. The first-order valence-corrected chi connectivity index (χ1v) is 5.00. The predicted octanol–water partition coefficient (Wildman–Crippen LogP) is 2.32. The monoisotopic (exact) mass is 223 g/mol. The topological polar surface area (TPSA) is 77.2 Å². The van der Waals surface area contributed by atoms with Crippen molar-refractivity contribution in [2.45, 2.75) is 33.3 Å². The number of pyridine rings is 1. The molecule has 0 fully saturated rings. The lowest BCUT2D eigenvalue weighted by molar-refractivity contribution is 0.0635. The summed E-state index contributed by atoms with van der Waals surface area (Å²) in [6, 6.07) is 1.69. The average molecular weight is 223 g/mol. The molecule has 0 radical (unpaired) electrons. The Balaban J connectivity index is 2.67. The van der Waals surface area contributed by atoms with Crippen molar-refractivity contribution in [1.29, 1.82) is 0 Å². The molecule has 0 atom stereocenters. The molecule has 0 aliphatic carbocycles. The van der Waals surface area contributed by atoms with Crippen LogP contribution in [0.4, 0.5) is 16.3 Å². The quantitative estimate of drug-likeness (QED) is 0.766. The zero-order chi connectivity index (χ0) is 12.3. The van der Waals surface area contributed by atoms with E-state index >= 15 is 0 Å². The molecule has 0 aromatic carbocycles. The molecule has 1 amide bonds. The number of hydrogen-bond acceptors (Lipinski definition) is 4. The van der Waals surface area contributed by atoms with Gasteiger partial charge in [0, 0.05) is 0 Å². The maximum atomic E-state index is 11.4. The summed E-state index contributed by atoms with van der Waals surface area (Å²) in [5.41, 5.74) is 6.55. The number of hydrogen-bond donors (Lipinski definition) is 2. The molecule has 0 saturated carbocycles. The lowest BCUT2D eigenvalue weighted by atomic mass is 10.2. The van der Waals surface area contributed by atoms with E-state index in [2.05, 4.69) is 10.3 Å². The van der Waals surface area contributed by atoms with Gasteiger partial charge in [-0.3, -0.25) is 5.32 Å². The van der Waals surface area contributed by atoms with Crippen LogP contribution in [0.3, 0.4) is 0 Å². The Morgan fingerprint density at radius 2 is 2.12 bits per heavy atom. The van der Waals surface area contributed by atoms with E-state index in [0.29, 0.717) is 11.5 Å². The molecule has 0 aliphatic rings. The van der Waals surface area contributed by atoms with Crippen LogP contribution >= 0.6 is 0 Å². The van der Waals surface area contributed by atoms with Gasteiger partial charge in [-0.2, -0.15) is 0 Å². The van der Waals surface area contributed by atoms with E-state index < -0.39 is 11.7 Å². The molecule has 0 spiro atoms. The van der Waals surface area contributed by atoms with Gasteiger partial charge in [-0.1, -0.05) is 0 Å². The third kappa shape index (κ3) is 3.76. The zero-order valence-electron chi connectivity index (χ0n) is 10.00. The van der Waals surface area contributed by atoms with Crippen LogP contribution in [0.15, 0.2) is 12.3 Å². The van der Waals surface area contributed by atoms with Crippen LogP contribution < -0.4 is 11.1 Å². The first-order valence-electron chi connectivity index (χ1n) is 5.00. The molecule has 16 heavy (non-hydrogen) atoms. The largest absolute Gasteiger partial charge is 0.444 e. The van der Waals surface area contributed by atoms with Crippen LogP contribution in [0.1, 0.15) is 26.3 Å². The van der Waals surface area contributed by atoms with Crippen molar-refractivity contribution in [3.63, 3.8) is 0 Å². The smallest absolute Gasteiger partial charge is 0.413 e. The highest BCUT2D eigenvalue weighted by Crippen LogP contribution is 2.14. The van der Waals surface area contributed by atoms with Crippen LogP contribution in [0.5, 0.6) is 0 Å². The summed E-state index contributed by atoms with van der Waals surface area (Å²) in [4.78, 5) is 15.4. The van der Waals surface area contributed by atoms with Crippen molar-refractivity contribution in [2.24, 2.45) is 0 Å². The number of nitrogens with one attached hydrogen (secondary N) is 1. The summed E-state index contributed by atoms with van der Waals surface area (Å²) in [6.07, 6.45) is 0.978. The minimum absolute atomic E-state index is 0.431. The second kappa shape index (κ2) is 4.38. The minimum atomic E-state index is -0.524. The number of ether oxygens (including phenoxy) is 1. The number of anilines is 2. The van der Waals surface area contributed by atoms with Gasteiger partial charge < -0.3 is 10.5 Å². The second-order valence-corrected chi connectivity index (χ2v) is 4.55. The number of nitrogen functional groups attached to an aromatic ring is 1. The molecular formula is C11H17N3O2. The maximum Gasteiger partial charge on any atom is 0.413 e. The molecule has 3 N–H and O–H groups in total. The van der Waals surface area contributed by atoms with Gasteiger partial charge in [-0.25, -0.2) is 9.78 Å². The van der Waals surface area contributed by atoms with Crippen molar-refractivity contribution in [3.05, 3.63) is 17.8 Å². The van der Waals surface area contributed by atoms with Crippen molar-refractivity contribution < 1.29 is 9.53 Å². The number of aryl methyl sites for hydroxylation is 1. The fraction of sp³-hybridized carbons (Fsp3) is 0.455. The number of carbonyl (C=O) groups is 1. The van der Waals surface area contributed by atoms with Crippen molar-refractivity contribution in [1.82, 2.24) is 4.98 Å². The van der Waals surface area contributed by atoms with Crippen LogP contribution in [0.25, 0.3) is 0 Å². The third-order valence-electron chi connectivity index (χ3n) is 1.78. The van der Waals surface area contributed by atoms with E-state index in [1.54, 1.807) is 26.8 Å². The minimum Gasteiger partial charge on any atom is -0.444 e. The Morgan fingerprint density at radius 3 is 2.62 bits per heavy atom. The molecule has 1 aromatic heterocycles. The first kappa shape index (κ1) is 12.3. The Bertz CT molecular complexity index is 397. The van der Waals surface area contributed by atoms with Crippen LogP contribution in [0, 0.1) is 6.92 Å². The van der Waals surface area contributed by atoms with Crippen LogP contribution in [-0.2, 0) is 4.74 Å². The molecule has 0 unspecified atom stereocenters. The average Bonchev–Trinajstić information content (AvgIpc) is 2.08. The zero-order valence-corrected chi connectivity index (χ0v) is 10.00. The van der Waals surface area contributed by atoms with Crippen molar-refractivity contribution in [2.75, 3.05) is 11.1 Å². The van der Waals surface area contributed by atoms with Gasteiger partial charge in [0.25, 0.3) is 0 Å².